The quantitative estimate of drug-likeness (QED) is 0.830. The van der Waals surface area contributed by atoms with Crippen molar-refractivity contribution in [2.45, 2.75) is 6.54 Å². The Morgan fingerprint density at radius 1 is 0.941 bits per heavy atom. The van der Waals surface area contributed by atoms with Gasteiger partial charge < -0.3 is 11.1 Å². The molecule has 17 heavy (non-hydrogen) atoms. The molecule has 3 N–H and O–H groups in total. The second-order valence-electron chi connectivity index (χ2n) is 3.78. The lowest BCUT2D eigenvalue weighted by molar-refractivity contribution is 0.248. The highest BCUT2D eigenvalue weighted by molar-refractivity contribution is 5.71. The molecule has 0 saturated carbocycles. The highest BCUT2D eigenvalue weighted by Gasteiger charge is 1.98. The molecule has 2 amide bonds. The van der Waals surface area contributed by atoms with E-state index in [0.29, 0.717) is 6.54 Å². The Kier molecular flexibility index (Phi) is 3.40. The Labute approximate surface area is 100 Å². The van der Waals surface area contributed by atoms with Crippen LogP contribution in [-0.2, 0) is 6.54 Å². The first-order valence-electron chi connectivity index (χ1n) is 5.43. The average Bonchev–Trinajstić information content (AvgIpc) is 2.38. The van der Waals surface area contributed by atoms with Crippen molar-refractivity contribution in [3.05, 3.63) is 60.2 Å². The summed E-state index contributed by atoms with van der Waals surface area (Å²) in [5, 5.41) is 2.56. The van der Waals surface area contributed by atoms with Crippen LogP contribution in [0.2, 0.25) is 0 Å². The van der Waals surface area contributed by atoms with Crippen molar-refractivity contribution < 1.29 is 4.79 Å². The van der Waals surface area contributed by atoms with E-state index in [1.807, 2.05) is 42.5 Å². The summed E-state index contributed by atoms with van der Waals surface area (Å²) >= 11 is 0. The topological polar surface area (TPSA) is 55.1 Å². The van der Waals surface area contributed by atoms with Crippen molar-refractivity contribution in [1.29, 1.82) is 0 Å². The molecule has 0 saturated heterocycles. The summed E-state index contributed by atoms with van der Waals surface area (Å²) in [5.74, 6) is 0. The van der Waals surface area contributed by atoms with Gasteiger partial charge in [0, 0.05) is 6.54 Å². The van der Waals surface area contributed by atoms with Gasteiger partial charge in [0.25, 0.3) is 0 Å². The Bertz CT molecular complexity index is 491. The van der Waals surface area contributed by atoms with E-state index in [2.05, 4.69) is 17.4 Å². The van der Waals surface area contributed by atoms with Crippen molar-refractivity contribution in [2.24, 2.45) is 5.73 Å². The molecule has 0 bridgehead atoms. The van der Waals surface area contributed by atoms with Crippen molar-refractivity contribution in [3.8, 4) is 11.1 Å². The average molecular weight is 226 g/mol. The molecular formula is C14H14N2O. The first-order valence-corrected chi connectivity index (χ1v) is 5.43. The van der Waals surface area contributed by atoms with Gasteiger partial charge in [-0.05, 0) is 16.7 Å². The van der Waals surface area contributed by atoms with Crippen LogP contribution in [0.4, 0.5) is 4.79 Å². The van der Waals surface area contributed by atoms with Gasteiger partial charge >= 0.3 is 6.03 Å². The molecule has 0 aliphatic carbocycles. The highest BCUT2D eigenvalue weighted by Crippen LogP contribution is 2.18. The number of urea groups is 1. The van der Waals surface area contributed by atoms with E-state index in [1.165, 1.54) is 5.56 Å². The fourth-order valence-corrected chi connectivity index (χ4v) is 1.63. The Balaban J connectivity index is 2.11. The fraction of sp³-hybridized carbons (Fsp3) is 0.0714. The molecule has 0 heterocycles. The third-order valence-electron chi connectivity index (χ3n) is 2.53. The van der Waals surface area contributed by atoms with Crippen molar-refractivity contribution in [3.63, 3.8) is 0 Å². The SMILES string of the molecule is NC(=O)NCc1ccc(-c2ccccc2)cc1. The minimum atomic E-state index is -0.503. The van der Waals surface area contributed by atoms with E-state index in [1.54, 1.807) is 0 Å². The van der Waals surface area contributed by atoms with Crippen LogP contribution in [0, 0.1) is 0 Å². The van der Waals surface area contributed by atoms with E-state index in [4.69, 9.17) is 5.73 Å². The first kappa shape index (κ1) is 11.2. The normalized spacial score (nSPS) is 9.88. The lowest BCUT2D eigenvalue weighted by atomic mass is 10.0. The van der Waals surface area contributed by atoms with Gasteiger partial charge in [0.15, 0.2) is 0 Å². The summed E-state index contributed by atoms with van der Waals surface area (Å²) in [6.07, 6.45) is 0. The van der Waals surface area contributed by atoms with Gasteiger partial charge in [-0.1, -0.05) is 54.6 Å². The smallest absolute Gasteiger partial charge is 0.312 e. The summed E-state index contributed by atoms with van der Waals surface area (Å²) < 4.78 is 0. The predicted molar refractivity (Wildman–Crippen MR) is 68.3 cm³/mol. The highest BCUT2D eigenvalue weighted by atomic mass is 16.2. The molecule has 2 aromatic rings. The molecule has 3 nitrogen and oxygen atoms in total. The summed E-state index contributed by atoms with van der Waals surface area (Å²) in [7, 11) is 0. The van der Waals surface area contributed by atoms with Crippen LogP contribution < -0.4 is 11.1 Å². The van der Waals surface area contributed by atoms with Crippen molar-refractivity contribution in [2.75, 3.05) is 0 Å². The Hall–Kier alpha value is -2.29. The van der Waals surface area contributed by atoms with Gasteiger partial charge in [0.05, 0.1) is 0 Å². The fourth-order valence-electron chi connectivity index (χ4n) is 1.63. The van der Waals surface area contributed by atoms with Gasteiger partial charge in [-0.2, -0.15) is 0 Å². The number of benzene rings is 2. The molecule has 0 fully saturated rings. The van der Waals surface area contributed by atoms with Crippen LogP contribution in [0.3, 0.4) is 0 Å². The number of carbonyl (C=O) groups excluding carboxylic acids is 1. The maximum absolute atomic E-state index is 10.6. The molecule has 86 valence electrons. The number of hydrogen-bond acceptors (Lipinski definition) is 1. The van der Waals surface area contributed by atoms with E-state index < -0.39 is 6.03 Å². The van der Waals surface area contributed by atoms with Gasteiger partial charge in [-0.3, -0.25) is 0 Å². The number of hydrogen-bond donors (Lipinski definition) is 2. The number of primary amides is 1. The van der Waals surface area contributed by atoms with Crippen LogP contribution >= 0.6 is 0 Å². The monoisotopic (exact) mass is 226 g/mol. The van der Waals surface area contributed by atoms with Gasteiger partial charge in [-0.25, -0.2) is 4.79 Å². The van der Waals surface area contributed by atoms with Crippen molar-refractivity contribution in [1.82, 2.24) is 5.32 Å². The molecule has 0 atom stereocenters. The zero-order chi connectivity index (χ0) is 12.1. The Morgan fingerprint density at radius 2 is 1.53 bits per heavy atom. The molecule has 2 aromatic carbocycles. The molecule has 0 radical (unpaired) electrons. The van der Waals surface area contributed by atoms with Crippen molar-refractivity contribution >= 4 is 6.03 Å². The molecule has 0 spiro atoms. The van der Waals surface area contributed by atoms with Gasteiger partial charge in [-0.15, -0.1) is 0 Å². The maximum Gasteiger partial charge on any atom is 0.312 e. The number of amides is 2. The first-order chi connectivity index (χ1) is 8.25. The van der Waals surface area contributed by atoms with Crippen LogP contribution in [0.1, 0.15) is 5.56 Å². The summed E-state index contributed by atoms with van der Waals surface area (Å²) in [6.45, 7) is 0.463. The molecule has 0 aromatic heterocycles. The maximum atomic E-state index is 10.6. The minimum absolute atomic E-state index is 0.463. The molecule has 3 heteroatoms. The van der Waals surface area contributed by atoms with E-state index in [-0.39, 0.29) is 0 Å². The van der Waals surface area contributed by atoms with Crippen LogP contribution in [-0.4, -0.2) is 6.03 Å². The number of nitrogens with two attached hydrogens (primary N) is 1. The summed E-state index contributed by atoms with van der Waals surface area (Å²) in [5.41, 5.74) is 8.39. The molecule has 0 aliphatic heterocycles. The predicted octanol–water partition coefficient (Wildman–Crippen LogP) is 2.52. The van der Waals surface area contributed by atoms with Crippen LogP contribution in [0.15, 0.2) is 54.6 Å². The number of carbonyl (C=O) groups is 1. The third kappa shape index (κ3) is 3.08. The minimum Gasteiger partial charge on any atom is -0.352 e. The van der Waals surface area contributed by atoms with E-state index >= 15 is 0 Å². The standard InChI is InChI=1S/C14H14N2O/c15-14(17)16-10-11-6-8-13(9-7-11)12-4-2-1-3-5-12/h1-9H,10H2,(H3,15,16,17). The zero-order valence-corrected chi connectivity index (χ0v) is 9.39. The third-order valence-corrected chi connectivity index (χ3v) is 2.53. The van der Waals surface area contributed by atoms with E-state index in [9.17, 15) is 4.79 Å². The molecule has 0 aliphatic rings. The second-order valence-corrected chi connectivity index (χ2v) is 3.78. The van der Waals surface area contributed by atoms with E-state index in [0.717, 1.165) is 11.1 Å². The van der Waals surface area contributed by atoms with Gasteiger partial charge in [0.2, 0.25) is 0 Å². The molecular weight excluding hydrogens is 212 g/mol. The van der Waals surface area contributed by atoms with Crippen LogP contribution in [0.25, 0.3) is 11.1 Å². The summed E-state index contributed by atoms with van der Waals surface area (Å²) in [6, 6.07) is 17.7. The lowest BCUT2D eigenvalue weighted by Gasteiger charge is -2.04. The van der Waals surface area contributed by atoms with Gasteiger partial charge in [0.1, 0.15) is 0 Å². The largest absolute Gasteiger partial charge is 0.352 e. The Morgan fingerprint density at radius 3 is 2.12 bits per heavy atom. The zero-order valence-electron chi connectivity index (χ0n) is 9.39. The number of rotatable bonds is 3. The second kappa shape index (κ2) is 5.16. The molecule has 2 rings (SSSR count). The lowest BCUT2D eigenvalue weighted by Crippen LogP contribution is -2.28. The summed E-state index contributed by atoms with van der Waals surface area (Å²) in [4.78, 5) is 10.6. The van der Waals surface area contributed by atoms with Crippen LogP contribution in [0.5, 0.6) is 0 Å². The molecule has 0 unspecified atom stereocenters. The number of nitrogens with one attached hydrogen (secondary N) is 1.